The van der Waals surface area contributed by atoms with Crippen molar-refractivity contribution in [2.45, 2.75) is 11.8 Å². The molecule has 2 aromatic carbocycles. The van der Waals surface area contributed by atoms with E-state index in [0.29, 0.717) is 0 Å². The number of aryl methyl sites for hydroxylation is 1. The highest BCUT2D eigenvalue weighted by Gasteiger charge is 2.21. The third-order valence-electron chi connectivity index (χ3n) is 2.54. The van der Waals surface area contributed by atoms with Crippen LogP contribution in [0.15, 0.2) is 53.4 Å². The Bertz CT molecular complexity index is 663. The van der Waals surface area contributed by atoms with Crippen LogP contribution in [0.3, 0.4) is 0 Å². The minimum atomic E-state index is -3.90. The second-order valence-electron chi connectivity index (χ2n) is 4.00. The van der Waals surface area contributed by atoms with Crippen molar-refractivity contribution in [3.8, 4) is 11.5 Å². The fraction of sp³-hybridized carbons (Fsp3) is 0.143. The van der Waals surface area contributed by atoms with Gasteiger partial charge in [0.15, 0.2) is 0 Å². The molecular weight excluding hydrogens is 264 g/mol. The van der Waals surface area contributed by atoms with E-state index in [1.54, 1.807) is 49.4 Å². The normalized spacial score (nSPS) is 11.1. The molecule has 0 fully saturated rings. The fourth-order valence-electron chi connectivity index (χ4n) is 1.63. The molecule has 2 aromatic rings. The molecule has 0 amide bonds. The van der Waals surface area contributed by atoms with Crippen LogP contribution < -0.4 is 8.92 Å². The van der Waals surface area contributed by atoms with E-state index < -0.39 is 10.1 Å². The van der Waals surface area contributed by atoms with E-state index in [2.05, 4.69) is 0 Å². The quantitative estimate of drug-likeness (QED) is 0.807. The van der Waals surface area contributed by atoms with Gasteiger partial charge in [0, 0.05) is 0 Å². The van der Waals surface area contributed by atoms with Gasteiger partial charge in [-0.3, -0.25) is 0 Å². The molecule has 0 atom stereocenters. The SMILES string of the molecule is COc1ccc(C)cc1S(=O)(=O)Oc1ccccc1. The highest BCUT2D eigenvalue weighted by atomic mass is 32.2. The molecule has 0 aromatic heterocycles. The van der Waals surface area contributed by atoms with Gasteiger partial charge in [0.05, 0.1) is 7.11 Å². The first-order valence-corrected chi connectivity index (χ1v) is 7.08. The van der Waals surface area contributed by atoms with Crippen molar-refractivity contribution in [2.24, 2.45) is 0 Å². The third kappa shape index (κ3) is 3.06. The lowest BCUT2D eigenvalue weighted by atomic mass is 10.2. The maximum Gasteiger partial charge on any atom is 0.342 e. The van der Waals surface area contributed by atoms with Crippen LogP contribution in [0.1, 0.15) is 5.56 Å². The summed E-state index contributed by atoms with van der Waals surface area (Å²) in [6.07, 6.45) is 0. The number of methoxy groups -OCH3 is 1. The molecule has 2 rings (SSSR count). The Morgan fingerprint density at radius 1 is 1.00 bits per heavy atom. The molecule has 0 spiro atoms. The Morgan fingerprint density at radius 3 is 2.32 bits per heavy atom. The summed E-state index contributed by atoms with van der Waals surface area (Å²) in [4.78, 5) is 0.0267. The summed E-state index contributed by atoms with van der Waals surface area (Å²) >= 11 is 0. The Balaban J connectivity index is 2.42. The van der Waals surface area contributed by atoms with Crippen LogP contribution in [-0.4, -0.2) is 15.5 Å². The average molecular weight is 278 g/mol. The van der Waals surface area contributed by atoms with Crippen molar-refractivity contribution < 1.29 is 17.3 Å². The Kier molecular flexibility index (Phi) is 3.76. The molecule has 0 saturated carbocycles. The van der Waals surface area contributed by atoms with Gasteiger partial charge in [-0.15, -0.1) is 0 Å². The van der Waals surface area contributed by atoms with Gasteiger partial charge in [0.2, 0.25) is 0 Å². The van der Waals surface area contributed by atoms with E-state index in [1.165, 1.54) is 13.2 Å². The molecule has 0 unspecified atom stereocenters. The van der Waals surface area contributed by atoms with Gasteiger partial charge >= 0.3 is 10.1 Å². The molecule has 5 heteroatoms. The summed E-state index contributed by atoms with van der Waals surface area (Å²) in [6, 6.07) is 13.3. The van der Waals surface area contributed by atoms with Gasteiger partial charge < -0.3 is 8.92 Å². The highest BCUT2D eigenvalue weighted by Crippen LogP contribution is 2.27. The molecule has 0 bridgehead atoms. The lowest BCUT2D eigenvalue weighted by Gasteiger charge is -2.11. The minimum absolute atomic E-state index is 0.0267. The number of benzene rings is 2. The van der Waals surface area contributed by atoms with E-state index in [0.717, 1.165) is 5.56 Å². The zero-order valence-corrected chi connectivity index (χ0v) is 11.5. The second kappa shape index (κ2) is 5.32. The molecule has 19 heavy (non-hydrogen) atoms. The predicted molar refractivity (Wildman–Crippen MR) is 72.0 cm³/mol. The fourth-order valence-corrected chi connectivity index (χ4v) is 2.81. The van der Waals surface area contributed by atoms with Gasteiger partial charge in [-0.2, -0.15) is 8.42 Å². The molecule has 0 N–H and O–H groups in total. The van der Waals surface area contributed by atoms with Crippen LogP contribution in [0.2, 0.25) is 0 Å². The topological polar surface area (TPSA) is 52.6 Å². The molecule has 4 nitrogen and oxygen atoms in total. The van der Waals surface area contributed by atoms with Gasteiger partial charge in [-0.1, -0.05) is 24.3 Å². The lowest BCUT2D eigenvalue weighted by Crippen LogP contribution is -2.11. The average Bonchev–Trinajstić information content (AvgIpc) is 2.39. The van der Waals surface area contributed by atoms with Crippen LogP contribution in [0.5, 0.6) is 11.5 Å². The summed E-state index contributed by atoms with van der Waals surface area (Å²) < 4.78 is 34.6. The third-order valence-corrected chi connectivity index (χ3v) is 3.81. The number of ether oxygens (including phenoxy) is 1. The summed E-state index contributed by atoms with van der Waals surface area (Å²) in [5, 5.41) is 0. The lowest BCUT2D eigenvalue weighted by molar-refractivity contribution is 0.398. The highest BCUT2D eigenvalue weighted by molar-refractivity contribution is 7.87. The van der Waals surface area contributed by atoms with Gasteiger partial charge in [-0.25, -0.2) is 0 Å². The molecule has 100 valence electrons. The zero-order chi connectivity index (χ0) is 13.9. The molecule has 0 aliphatic rings. The van der Waals surface area contributed by atoms with Crippen molar-refractivity contribution in [3.63, 3.8) is 0 Å². The predicted octanol–water partition coefficient (Wildman–Crippen LogP) is 2.77. The van der Waals surface area contributed by atoms with Gasteiger partial charge in [0.25, 0.3) is 0 Å². The van der Waals surface area contributed by atoms with Crippen molar-refractivity contribution in [3.05, 3.63) is 54.1 Å². The summed E-state index contributed by atoms with van der Waals surface area (Å²) in [6.45, 7) is 1.81. The van der Waals surface area contributed by atoms with Crippen LogP contribution in [0.25, 0.3) is 0 Å². The van der Waals surface area contributed by atoms with E-state index in [9.17, 15) is 8.42 Å². The van der Waals surface area contributed by atoms with E-state index in [4.69, 9.17) is 8.92 Å². The Hall–Kier alpha value is -2.01. The number of rotatable bonds is 4. The number of hydrogen-bond donors (Lipinski definition) is 0. The minimum Gasteiger partial charge on any atom is -0.495 e. The first-order chi connectivity index (χ1) is 9.03. The van der Waals surface area contributed by atoms with Crippen LogP contribution in [0, 0.1) is 6.92 Å². The number of hydrogen-bond acceptors (Lipinski definition) is 4. The summed E-state index contributed by atoms with van der Waals surface area (Å²) in [7, 11) is -2.48. The first kappa shape index (κ1) is 13.4. The van der Waals surface area contributed by atoms with Crippen LogP contribution in [0.4, 0.5) is 0 Å². The van der Waals surface area contributed by atoms with Crippen LogP contribution >= 0.6 is 0 Å². The summed E-state index contributed by atoms with van der Waals surface area (Å²) in [5.74, 6) is 0.535. The van der Waals surface area contributed by atoms with Crippen molar-refractivity contribution in [2.75, 3.05) is 7.11 Å². The standard InChI is InChI=1S/C14H14O4S/c1-11-8-9-13(17-2)14(10-11)19(15,16)18-12-6-4-3-5-7-12/h3-10H,1-2H3. The van der Waals surface area contributed by atoms with Crippen molar-refractivity contribution >= 4 is 10.1 Å². The van der Waals surface area contributed by atoms with Gasteiger partial charge in [0.1, 0.15) is 16.4 Å². The second-order valence-corrected chi connectivity index (χ2v) is 5.52. The Morgan fingerprint density at radius 2 is 1.68 bits per heavy atom. The Labute approximate surface area is 112 Å². The van der Waals surface area contributed by atoms with Crippen molar-refractivity contribution in [1.82, 2.24) is 0 Å². The zero-order valence-electron chi connectivity index (χ0n) is 10.7. The number of para-hydroxylation sites is 1. The maximum absolute atomic E-state index is 12.2. The summed E-state index contributed by atoms with van der Waals surface area (Å²) in [5.41, 5.74) is 0.816. The first-order valence-electron chi connectivity index (χ1n) is 5.67. The maximum atomic E-state index is 12.2. The monoisotopic (exact) mass is 278 g/mol. The molecular formula is C14H14O4S. The smallest absolute Gasteiger partial charge is 0.342 e. The molecule has 0 saturated heterocycles. The van der Waals surface area contributed by atoms with E-state index in [-0.39, 0.29) is 16.4 Å². The van der Waals surface area contributed by atoms with E-state index in [1.807, 2.05) is 0 Å². The van der Waals surface area contributed by atoms with E-state index >= 15 is 0 Å². The molecule has 0 aliphatic carbocycles. The van der Waals surface area contributed by atoms with Crippen molar-refractivity contribution in [1.29, 1.82) is 0 Å². The molecule has 0 heterocycles. The van der Waals surface area contributed by atoms with Gasteiger partial charge in [-0.05, 0) is 36.8 Å². The van der Waals surface area contributed by atoms with Crippen LogP contribution in [-0.2, 0) is 10.1 Å². The largest absolute Gasteiger partial charge is 0.495 e. The molecule has 0 aliphatic heterocycles. The molecule has 0 radical (unpaired) electrons.